The van der Waals surface area contributed by atoms with Crippen LogP contribution in [-0.2, 0) is 16.2 Å². The van der Waals surface area contributed by atoms with Crippen molar-refractivity contribution in [3.63, 3.8) is 0 Å². The van der Waals surface area contributed by atoms with Crippen molar-refractivity contribution in [2.24, 2.45) is 0 Å². The Bertz CT molecular complexity index is 3370. The van der Waals surface area contributed by atoms with E-state index < -0.39 is 5.41 Å². The van der Waals surface area contributed by atoms with Gasteiger partial charge in [-0.05, 0) is 186 Å². The maximum atomic E-state index is 2.63. The molecule has 0 bridgehead atoms. The van der Waals surface area contributed by atoms with Crippen LogP contribution >= 0.6 is 0 Å². The Labute approximate surface area is 373 Å². The molecule has 12 rings (SSSR count). The van der Waals surface area contributed by atoms with Gasteiger partial charge in [-0.25, -0.2) is 0 Å². The molecule has 0 unspecified atom stereocenters. The van der Waals surface area contributed by atoms with Crippen LogP contribution in [0.15, 0.2) is 170 Å². The first-order valence-corrected chi connectivity index (χ1v) is 22.7. The molecule has 0 heterocycles. The fourth-order valence-electron chi connectivity index (χ4n) is 12.4. The SMILES string of the molecule is Cc1ccc(-c2ccc3c(c2)C(C)(C)c2cc4c(cc2-3)C(c2ccccc2)(c2ccccc2)c2cc3c(cc2-4)C(C)(C)c2cc(-c4ccc(C)cc4C)c4ccccc4c2-3)c(C)c1. The van der Waals surface area contributed by atoms with Crippen LogP contribution in [0, 0.1) is 27.7 Å². The Kier molecular flexibility index (Phi) is 7.91. The van der Waals surface area contributed by atoms with Gasteiger partial charge in [0.15, 0.2) is 0 Å². The normalized spacial score (nSPS) is 15.4. The van der Waals surface area contributed by atoms with E-state index in [1.54, 1.807) is 0 Å². The molecular formula is C63H52. The molecule has 3 aliphatic carbocycles. The van der Waals surface area contributed by atoms with Crippen molar-refractivity contribution in [1.29, 1.82) is 0 Å². The molecule has 3 aliphatic rings. The molecule has 9 aromatic rings. The second-order valence-electron chi connectivity index (χ2n) is 19.9. The van der Waals surface area contributed by atoms with Crippen LogP contribution in [0.25, 0.3) is 66.4 Å². The molecule has 0 saturated heterocycles. The van der Waals surface area contributed by atoms with E-state index in [9.17, 15) is 0 Å². The lowest BCUT2D eigenvalue weighted by atomic mass is 9.67. The first kappa shape index (κ1) is 38.0. The van der Waals surface area contributed by atoms with Crippen molar-refractivity contribution in [3.05, 3.63) is 237 Å². The summed E-state index contributed by atoms with van der Waals surface area (Å²) in [5, 5.41) is 2.64. The quantitative estimate of drug-likeness (QED) is 0.166. The molecular weight excluding hydrogens is 757 g/mol. The molecule has 0 radical (unpaired) electrons. The smallest absolute Gasteiger partial charge is 0.0622 e. The summed E-state index contributed by atoms with van der Waals surface area (Å²) in [6, 6.07) is 65.8. The average Bonchev–Trinajstić information content (AvgIpc) is 3.78. The summed E-state index contributed by atoms with van der Waals surface area (Å²) in [6.45, 7) is 18.7. The molecule has 0 spiro atoms. The van der Waals surface area contributed by atoms with Crippen molar-refractivity contribution >= 4 is 10.8 Å². The fraction of sp³-hybridized carbons (Fsp3) is 0.175. The van der Waals surface area contributed by atoms with Crippen LogP contribution < -0.4 is 0 Å². The first-order chi connectivity index (χ1) is 30.4. The molecule has 0 N–H and O–H groups in total. The summed E-state index contributed by atoms with van der Waals surface area (Å²) in [4.78, 5) is 0. The summed E-state index contributed by atoms with van der Waals surface area (Å²) in [6.07, 6.45) is 0. The van der Waals surface area contributed by atoms with Crippen molar-refractivity contribution in [1.82, 2.24) is 0 Å². The zero-order chi connectivity index (χ0) is 43.2. The van der Waals surface area contributed by atoms with Crippen LogP contribution in [0.1, 0.15) is 94.5 Å². The van der Waals surface area contributed by atoms with E-state index in [4.69, 9.17) is 0 Å². The van der Waals surface area contributed by atoms with Crippen LogP contribution in [0.2, 0.25) is 0 Å². The molecule has 0 atom stereocenters. The third-order valence-corrected chi connectivity index (χ3v) is 15.5. The third-order valence-electron chi connectivity index (χ3n) is 15.5. The average molecular weight is 809 g/mol. The van der Waals surface area contributed by atoms with Gasteiger partial charge in [-0.15, -0.1) is 0 Å². The molecule has 0 amide bonds. The van der Waals surface area contributed by atoms with Crippen LogP contribution in [-0.4, -0.2) is 0 Å². The maximum Gasteiger partial charge on any atom is 0.0714 e. The predicted octanol–water partition coefficient (Wildman–Crippen LogP) is 16.4. The highest BCUT2D eigenvalue weighted by Crippen LogP contribution is 2.63. The van der Waals surface area contributed by atoms with Gasteiger partial charge >= 0.3 is 0 Å². The van der Waals surface area contributed by atoms with Crippen LogP contribution in [0.5, 0.6) is 0 Å². The van der Waals surface area contributed by atoms with E-state index in [1.165, 1.54) is 133 Å². The second kappa shape index (κ2) is 13.1. The molecule has 0 nitrogen and oxygen atoms in total. The zero-order valence-electron chi connectivity index (χ0n) is 37.7. The molecule has 304 valence electrons. The van der Waals surface area contributed by atoms with E-state index in [2.05, 4.69) is 225 Å². The molecule has 0 aromatic heterocycles. The van der Waals surface area contributed by atoms with Crippen LogP contribution in [0.4, 0.5) is 0 Å². The Balaban J connectivity index is 1.15. The number of hydrogen-bond donors (Lipinski definition) is 0. The Hall–Kier alpha value is -6.76. The molecule has 0 heteroatoms. The van der Waals surface area contributed by atoms with Crippen molar-refractivity contribution < 1.29 is 0 Å². The minimum atomic E-state index is -0.537. The summed E-state index contributed by atoms with van der Waals surface area (Å²) < 4.78 is 0. The summed E-state index contributed by atoms with van der Waals surface area (Å²) in [5.74, 6) is 0. The standard InChI is InChI=1S/C63H52/c1-37-23-26-44(39(3)29-37)41-25-28-47-50-35-57-51(33-55(50)61(5,6)54(47)31-41)52-34-56-53(36-58(52)63(57,42-17-11-9-12-18-42)43-19-13-10-14-20-43)60-48-22-16-15-21-46(48)49(32-59(60)62(56,7)8)45-27-24-38(2)30-40(45)4/h9-36H,1-8H3. The number of aryl methyl sites for hydroxylation is 4. The van der Waals surface area contributed by atoms with Crippen molar-refractivity contribution in [3.8, 4) is 55.6 Å². The zero-order valence-corrected chi connectivity index (χ0v) is 37.7. The summed E-state index contributed by atoms with van der Waals surface area (Å²) in [5.41, 5.74) is 28.6. The van der Waals surface area contributed by atoms with E-state index in [-0.39, 0.29) is 10.8 Å². The molecule has 0 saturated carbocycles. The fourth-order valence-corrected chi connectivity index (χ4v) is 12.4. The minimum Gasteiger partial charge on any atom is -0.0622 e. The monoisotopic (exact) mass is 808 g/mol. The van der Waals surface area contributed by atoms with Crippen LogP contribution in [0.3, 0.4) is 0 Å². The number of rotatable bonds is 4. The number of benzene rings is 9. The van der Waals surface area contributed by atoms with Gasteiger partial charge in [-0.1, -0.05) is 172 Å². The molecule has 0 aliphatic heterocycles. The van der Waals surface area contributed by atoms with E-state index in [0.717, 1.165) is 0 Å². The Morgan fingerprint density at radius 1 is 0.302 bits per heavy atom. The Morgan fingerprint density at radius 3 is 1.35 bits per heavy atom. The second-order valence-corrected chi connectivity index (χ2v) is 19.9. The summed E-state index contributed by atoms with van der Waals surface area (Å²) >= 11 is 0. The van der Waals surface area contributed by atoms with E-state index >= 15 is 0 Å². The minimum absolute atomic E-state index is 0.186. The number of fused-ring (bicyclic) bond motifs is 11. The molecule has 63 heavy (non-hydrogen) atoms. The van der Waals surface area contributed by atoms with Gasteiger partial charge in [-0.3, -0.25) is 0 Å². The highest BCUT2D eigenvalue weighted by atomic mass is 14.5. The highest BCUT2D eigenvalue weighted by molar-refractivity contribution is 6.10. The Morgan fingerprint density at radius 2 is 0.746 bits per heavy atom. The van der Waals surface area contributed by atoms with Crippen molar-refractivity contribution in [2.75, 3.05) is 0 Å². The van der Waals surface area contributed by atoms with Gasteiger partial charge in [0.2, 0.25) is 0 Å². The lowest BCUT2D eigenvalue weighted by Crippen LogP contribution is -2.29. The van der Waals surface area contributed by atoms with E-state index in [1.807, 2.05) is 0 Å². The third kappa shape index (κ3) is 5.10. The van der Waals surface area contributed by atoms with Crippen molar-refractivity contribution in [2.45, 2.75) is 71.6 Å². The topological polar surface area (TPSA) is 0 Å². The highest BCUT2D eigenvalue weighted by Gasteiger charge is 2.50. The summed E-state index contributed by atoms with van der Waals surface area (Å²) in [7, 11) is 0. The first-order valence-electron chi connectivity index (χ1n) is 22.7. The lowest BCUT2D eigenvalue weighted by Gasteiger charge is -2.34. The molecule has 9 aromatic carbocycles. The van der Waals surface area contributed by atoms with Gasteiger partial charge in [0.1, 0.15) is 0 Å². The lowest BCUT2D eigenvalue weighted by molar-refractivity contribution is 0.660. The predicted molar refractivity (Wildman–Crippen MR) is 266 cm³/mol. The van der Waals surface area contributed by atoms with Gasteiger partial charge < -0.3 is 0 Å². The van der Waals surface area contributed by atoms with Gasteiger partial charge in [-0.2, -0.15) is 0 Å². The van der Waals surface area contributed by atoms with E-state index in [0.29, 0.717) is 0 Å². The maximum absolute atomic E-state index is 2.63. The van der Waals surface area contributed by atoms with Gasteiger partial charge in [0.25, 0.3) is 0 Å². The largest absolute Gasteiger partial charge is 0.0714 e. The van der Waals surface area contributed by atoms with Gasteiger partial charge in [0, 0.05) is 10.8 Å². The van der Waals surface area contributed by atoms with Gasteiger partial charge in [0.05, 0.1) is 5.41 Å². The number of hydrogen-bond acceptors (Lipinski definition) is 0. The molecule has 0 fully saturated rings.